The molecule has 94 valence electrons. The van der Waals surface area contributed by atoms with Crippen molar-refractivity contribution < 1.29 is 14.9 Å². The molecule has 17 heavy (non-hydrogen) atoms. The fraction of sp³-hybridized carbons (Fsp3) is 0.500. The monoisotopic (exact) mass is 274 g/mol. The maximum Gasteiger partial charge on any atom is 0.126 e. The topological polar surface area (TPSA) is 49.7 Å². The SMILES string of the molecule is OCC(O)CSCc1cc(Cl)cc2c1OCC2. The number of ether oxygens (including phenoxy) is 1. The summed E-state index contributed by atoms with van der Waals surface area (Å²) in [6, 6.07) is 3.85. The lowest BCUT2D eigenvalue weighted by Gasteiger charge is -2.10. The smallest absolute Gasteiger partial charge is 0.126 e. The maximum absolute atomic E-state index is 9.26. The Balaban J connectivity index is 2.01. The number of benzene rings is 1. The second-order valence-electron chi connectivity index (χ2n) is 4.00. The van der Waals surface area contributed by atoms with Crippen LogP contribution in [-0.4, -0.2) is 35.3 Å². The van der Waals surface area contributed by atoms with Crippen LogP contribution in [0.1, 0.15) is 11.1 Å². The molecular weight excluding hydrogens is 260 g/mol. The molecule has 0 spiro atoms. The highest BCUT2D eigenvalue weighted by Gasteiger charge is 2.17. The van der Waals surface area contributed by atoms with Crippen LogP contribution < -0.4 is 4.74 Å². The Labute approximate surface area is 110 Å². The summed E-state index contributed by atoms with van der Waals surface area (Å²) in [7, 11) is 0. The lowest BCUT2D eigenvalue weighted by atomic mass is 10.1. The largest absolute Gasteiger partial charge is 0.493 e. The molecule has 1 aromatic carbocycles. The molecule has 1 aliphatic heterocycles. The number of aliphatic hydroxyl groups excluding tert-OH is 2. The van der Waals surface area contributed by atoms with Gasteiger partial charge in [0.25, 0.3) is 0 Å². The predicted molar refractivity (Wildman–Crippen MR) is 69.9 cm³/mol. The van der Waals surface area contributed by atoms with Gasteiger partial charge < -0.3 is 14.9 Å². The van der Waals surface area contributed by atoms with Gasteiger partial charge in [-0.25, -0.2) is 0 Å². The lowest BCUT2D eigenvalue weighted by Crippen LogP contribution is -2.14. The summed E-state index contributed by atoms with van der Waals surface area (Å²) >= 11 is 7.61. The fourth-order valence-electron chi connectivity index (χ4n) is 1.81. The molecule has 0 aromatic heterocycles. The van der Waals surface area contributed by atoms with Crippen molar-refractivity contribution >= 4 is 23.4 Å². The fourth-order valence-corrected chi connectivity index (χ4v) is 3.00. The molecule has 1 aliphatic rings. The molecule has 0 saturated carbocycles. The van der Waals surface area contributed by atoms with Crippen molar-refractivity contribution in [1.29, 1.82) is 0 Å². The number of thioether (sulfide) groups is 1. The van der Waals surface area contributed by atoms with E-state index >= 15 is 0 Å². The molecule has 0 radical (unpaired) electrons. The van der Waals surface area contributed by atoms with Crippen molar-refractivity contribution in [1.82, 2.24) is 0 Å². The first kappa shape index (κ1) is 13.0. The normalized spacial score (nSPS) is 15.5. The molecule has 3 nitrogen and oxygen atoms in total. The van der Waals surface area contributed by atoms with Gasteiger partial charge in [-0.15, -0.1) is 0 Å². The van der Waals surface area contributed by atoms with Crippen LogP contribution in [0.4, 0.5) is 0 Å². The van der Waals surface area contributed by atoms with Crippen LogP contribution in [0.3, 0.4) is 0 Å². The van der Waals surface area contributed by atoms with Gasteiger partial charge in [0.05, 0.1) is 19.3 Å². The highest BCUT2D eigenvalue weighted by atomic mass is 35.5. The maximum atomic E-state index is 9.26. The van der Waals surface area contributed by atoms with Gasteiger partial charge in [0.1, 0.15) is 5.75 Å². The minimum Gasteiger partial charge on any atom is -0.493 e. The standard InChI is InChI=1S/C12H15ClO3S/c13-10-3-8-1-2-16-12(8)9(4-10)6-17-7-11(15)5-14/h3-4,11,14-15H,1-2,5-7H2. The molecule has 1 unspecified atom stereocenters. The van der Waals surface area contributed by atoms with E-state index in [1.165, 1.54) is 0 Å². The van der Waals surface area contributed by atoms with Gasteiger partial charge in [-0.3, -0.25) is 0 Å². The first-order valence-corrected chi connectivity index (χ1v) is 7.04. The first-order valence-electron chi connectivity index (χ1n) is 5.51. The van der Waals surface area contributed by atoms with E-state index < -0.39 is 6.10 Å². The van der Waals surface area contributed by atoms with Crippen molar-refractivity contribution in [2.75, 3.05) is 19.0 Å². The van der Waals surface area contributed by atoms with Crippen LogP contribution in [0.2, 0.25) is 5.02 Å². The van der Waals surface area contributed by atoms with E-state index in [9.17, 15) is 5.11 Å². The van der Waals surface area contributed by atoms with E-state index in [1.54, 1.807) is 11.8 Å². The molecule has 0 amide bonds. The van der Waals surface area contributed by atoms with Gasteiger partial charge in [-0.05, 0) is 17.7 Å². The molecule has 2 N–H and O–H groups in total. The lowest BCUT2D eigenvalue weighted by molar-refractivity contribution is 0.113. The summed E-state index contributed by atoms with van der Waals surface area (Å²) in [5, 5.41) is 18.7. The van der Waals surface area contributed by atoms with Crippen LogP contribution in [0.15, 0.2) is 12.1 Å². The van der Waals surface area contributed by atoms with Crippen molar-refractivity contribution in [3.63, 3.8) is 0 Å². The Morgan fingerprint density at radius 2 is 2.29 bits per heavy atom. The van der Waals surface area contributed by atoms with Crippen LogP contribution in [0.5, 0.6) is 5.75 Å². The zero-order valence-corrected chi connectivity index (χ0v) is 10.9. The van der Waals surface area contributed by atoms with E-state index in [0.29, 0.717) is 12.4 Å². The zero-order chi connectivity index (χ0) is 12.3. The van der Waals surface area contributed by atoms with Gasteiger partial charge >= 0.3 is 0 Å². The van der Waals surface area contributed by atoms with Crippen LogP contribution in [0.25, 0.3) is 0 Å². The van der Waals surface area contributed by atoms with Crippen molar-refractivity contribution in [3.05, 3.63) is 28.3 Å². The van der Waals surface area contributed by atoms with E-state index in [2.05, 4.69) is 0 Å². The van der Waals surface area contributed by atoms with Gasteiger partial charge in [-0.2, -0.15) is 11.8 Å². The third kappa shape index (κ3) is 3.28. The number of fused-ring (bicyclic) bond motifs is 1. The van der Waals surface area contributed by atoms with E-state index in [1.807, 2.05) is 12.1 Å². The molecule has 0 bridgehead atoms. The minimum atomic E-state index is -0.659. The Kier molecular flexibility index (Phi) is 4.56. The van der Waals surface area contributed by atoms with Crippen molar-refractivity contribution in [2.45, 2.75) is 18.3 Å². The molecular formula is C12H15ClO3S. The molecule has 0 aliphatic carbocycles. The van der Waals surface area contributed by atoms with Crippen molar-refractivity contribution in [3.8, 4) is 5.75 Å². The highest BCUT2D eigenvalue weighted by molar-refractivity contribution is 7.98. The number of aliphatic hydroxyl groups is 2. The molecule has 2 rings (SSSR count). The van der Waals surface area contributed by atoms with Gasteiger partial charge in [-0.1, -0.05) is 11.6 Å². The summed E-state index contributed by atoms with van der Waals surface area (Å²) in [6.07, 6.45) is 0.250. The highest BCUT2D eigenvalue weighted by Crippen LogP contribution is 2.34. The third-order valence-corrected chi connectivity index (χ3v) is 3.96. The summed E-state index contributed by atoms with van der Waals surface area (Å²) in [5.74, 6) is 2.19. The van der Waals surface area contributed by atoms with Gasteiger partial charge in [0, 0.05) is 28.5 Å². The summed E-state index contributed by atoms with van der Waals surface area (Å²) in [5.41, 5.74) is 2.23. The average Bonchev–Trinajstić information content (AvgIpc) is 2.76. The third-order valence-electron chi connectivity index (χ3n) is 2.60. The molecule has 0 fully saturated rings. The Hall–Kier alpha value is -0.420. The quantitative estimate of drug-likeness (QED) is 0.861. The Morgan fingerprint density at radius 3 is 3.06 bits per heavy atom. The molecule has 5 heteroatoms. The Morgan fingerprint density at radius 1 is 1.47 bits per heavy atom. The Bertz CT molecular complexity index is 398. The average molecular weight is 275 g/mol. The van der Waals surface area contributed by atoms with E-state index in [0.717, 1.165) is 34.1 Å². The van der Waals surface area contributed by atoms with Crippen molar-refractivity contribution in [2.24, 2.45) is 0 Å². The number of rotatable bonds is 5. The number of hydrogen-bond acceptors (Lipinski definition) is 4. The van der Waals surface area contributed by atoms with Crippen LogP contribution in [-0.2, 0) is 12.2 Å². The van der Waals surface area contributed by atoms with Gasteiger partial charge in [0.15, 0.2) is 0 Å². The first-order chi connectivity index (χ1) is 8.20. The summed E-state index contributed by atoms with van der Waals surface area (Å²) < 4.78 is 5.58. The second kappa shape index (κ2) is 5.96. The number of halogens is 1. The van der Waals surface area contributed by atoms with E-state index in [-0.39, 0.29) is 6.61 Å². The zero-order valence-electron chi connectivity index (χ0n) is 9.36. The predicted octanol–water partition coefficient (Wildman–Crippen LogP) is 1.86. The van der Waals surface area contributed by atoms with Crippen LogP contribution >= 0.6 is 23.4 Å². The second-order valence-corrected chi connectivity index (χ2v) is 5.47. The minimum absolute atomic E-state index is 0.197. The molecule has 0 saturated heterocycles. The van der Waals surface area contributed by atoms with E-state index in [4.69, 9.17) is 21.4 Å². The molecule has 1 heterocycles. The molecule has 1 atom stereocenters. The molecule has 1 aromatic rings. The van der Waals surface area contributed by atoms with Crippen LogP contribution in [0, 0.1) is 0 Å². The number of hydrogen-bond donors (Lipinski definition) is 2. The van der Waals surface area contributed by atoms with Gasteiger partial charge in [0.2, 0.25) is 0 Å². The summed E-state index contributed by atoms with van der Waals surface area (Å²) in [6.45, 7) is 0.518. The summed E-state index contributed by atoms with van der Waals surface area (Å²) in [4.78, 5) is 0.